The number of hydrogen-bond acceptors (Lipinski definition) is 4. The monoisotopic (exact) mass is 496 g/mol. The maximum Gasteiger partial charge on any atom is 0.329 e. The van der Waals surface area contributed by atoms with Crippen molar-refractivity contribution in [2.45, 2.75) is 77.3 Å². The third-order valence-electron chi connectivity index (χ3n) is 6.91. The van der Waals surface area contributed by atoms with E-state index in [2.05, 4.69) is 17.4 Å². The van der Waals surface area contributed by atoms with Gasteiger partial charge in [0, 0.05) is 12.6 Å². The van der Waals surface area contributed by atoms with Crippen molar-refractivity contribution in [1.82, 2.24) is 10.2 Å². The summed E-state index contributed by atoms with van der Waals surface area (Å²) in [5.74, 6) is 0.419. The molecule has 196 valence electrons. The molecule has 0 spiro atoms. The van der Waals surface area contributed by atoms with E-state index in [9.17, 15) is 14.7 Å². The lowest BCUT2D eigenvalue weighted by molar-refractivity contribution is -0.144. The first kappa shape index (κ1) is 27.4. The fourth-order valence-electron chi connectivity index (χ4n) is 4.89. The van der Waals surface area contributed by atoms with Crippen molar-refractivity contribution in [3.63, 3.8) is 0 Å². The Morgan fingerprint density at radius 3 is 2.17 bits per heavy atom. The number of unbranched alkanes of at least 4 members (excludes halogenated alkanes) is 1. The molecular weight excluding hydrogens is 456 g/mol. The molecule has 3 rings (SSSR count). The lowest BCUT2D eigenvalue weighted by atomic mass is 9.98. The number of amides is 2. The summed E-state index contributed by atoms with van der Waals surface area (Å²) in [6.45, 7) is 7.38. The maximum absolute atomic E-state index is 13.6. The first-order chi connectivity index (χ1) is 17.4. The van der Waals surface area contributed by atoms with E-state index in [1.165, 1.54) is 5.56 Å². The predicted octanol–water partition coefficient (Wildman–Crippen LogP) is 5.98. The Morgan fingerprint density at radius 2 is 1.61 bits per heavy atom. The largest absolute Gasteiger partial charge is 0.494 e. The van der Waals surface area contributed by atoms with Crippen LogP contribution in [-0.4, -0.2) is 47.3 Å². The van der Waals surface area contributed by atoms with Crippen LogP contribution in [-0.2, 0) is 11.2 Å². The van der Waals surface area contributed by atoms with Crippen molar-refractivity contribution >= 4 is 12.0 Å². The molecule has 2 amide bonds. The van der Waals surface area contributed by atoms with E-state index < -0.39 is 11.5 Å². The number of benzene rings is 2. The van der Waals surface area contributed by atoms with Gasteiger partial charge in [0.1, 0.15) is 17.0 Å². The Kier molecular flexibility index (Phi) is 10.0. The Balaban J connectivity index is 1.81. The topological polar surface area (TPSA) is 88.1 Å². The van der Waals surface area contributed by atoms with Gasteiger partial charge in [-0.25, -0.2) is 9.59 Å². The molecule has 1 fully saturated rings. The second-order valence-corrected chi connectivity index (χ2v) is 9.44. The van der Waals surface area contributed by atoms with Gasteiger partial charge in [-0.15, -0.1) is 0 Å². The maximum atomic E-state index is 13.6. The van der Waals surface area contributed by atoms with E-state index in [1.54, 1.807) is 4.90 Å². The van der Waals surface area contributed by atoms with Crippen LogP contribution in [0, 0.1) is 0 Å². The normalized spacial score (nSPS) is 15.2. The predicted molar refractivity (Wildman–Crippen MR) is 141 cm³/mol. The van der Waals surface area contributed by atoms with Crippen molar-refractivity contribution in [1.29, 1.82) is 0 Å². The first-order valence-electron chi connectivity index (χ1n) is 13.1. The molecule has 0 saturated heterocycles. The fourth-order valence-corrected chi connectivity index (χ4v) is 4.89. The quantitative estimate of drug-likeness (QED) is 0.333. The van der Waals surface area contributed by atoms with Crippen molar-refractivity contribution in [3.8, 4) is 11.5 Å². The zero-order valence-corrected chi connectivity index (χ0v) is 21.8. The minimum absolute atomic E-state index is 0.298. The number of carbonyl (C=O) groups excluding carboxylic acids is 1. The van der Waals surface area contributed by atoms with Gasteiger partial charge in [-0.1, -0.05) is 43.2 Å². The van der Waals surface area contributed by atoms with Crippen LogP contribution >= 0.6 is 0 Å². The second kappa shape index (κ2) is 13.2. The summed E-state index contributed by atoms with van der Waals surface area (Å²) in [7, 11) is 0. The third-order valence-corrected chi connectivity index (χ3v) is 6.91. The van der Waals surface area contributed by atoms with Crippen molar-refractivity contribution in [3.05, 3.63) is 59.7 Å². The molecule has 7 nitrogen and oxygen atoms in total. The SMILES string of the molecule is CCOc1cc(OCC)cc(C(C)N(CCCCc2ccccc2)C(=O)NC2(C(=O)O)CCCC2)c1. The highest BCUT2D eigenvalue weighted by molar-refractivity contribution is 5.86. The van der Waals surface area contributed by atoms with Gasteiger partial charge in [-0.3, -0.25) is 0 Å². The summed E-state index contributed by atoms with van der Waals surface area (Å²) >= 11 is 0. The molecule has 1 atom stereocenters. The molecule has 2 aromatic carbocycles. The Morgan fingerprint density at radius 1 is 1.00 bits per heavy atom. The molecular formula is C29H40N2O5. The number of carbonyl (C=O) groups is 2. The summed E-state index contributed by atoms with van der Waals surface area (Å²) in [4.78, 5) is 27.5. The number of urea groups is 1. The molecule has 7 heteroatoms. The van der Waals surface area contributed by atoms with E-state index in [0.717, 1.165) is 37.7 Å². The number of carboxylic acids is 1. The number of nitrogens with zero attached hydrogens (tertiary/aromatic N) is 1. The lowest BCUT2D eigenvalue weighted by Gasteiger charge is -2.34. The molecule has 1 aliphatic carbocycles. The van der Waals surface area contributed by atoms with Gasteiger partial charge in [0.15, 0.2) is 0 Å². The fraction of sp³-hybridized carbons (Fsp3) is 0.517. The lowest BCUT2D eigenvalue weighted by Crippen LogP contribution is -2.56. The molecule has 2 N–H and O–H groups in total. The average molecular weight is 497 g/mol. The zero-order chi connectivity index (χ0) is 26.0. The minimum Gasteiger partial charge on any atom is -0.494 e. The van der Waals surface area contributed by atoms with Crippen molar-refractivity contribution in [2.24, 2.45) is 0 Å². The van der Waals surface area contributed by atoms with E-state index in [-0.39, 0.29) is 12.1 Å². The van der Waals surface area contributed by atoms with E-state index in [0.29, 0.717) is 44.1 Å². The van der Waals surface area contributed by atoms with E-state index in [4.69, 9.17) is 9.47 Å². The third kappa shape index (κ3) is 7.15. The average Bonchev–Trinajstić information content (AvgIpc) is 3.34. The summed E-state index contributed by atoms with van der Waals surface area (Å²) in [5, 5.41) is 12.8. The molecule has 0 aromatic heterocycles. The second-order valence-electron chi connectivity index (χ2n) is 9.44. The summed E-state index contributed by atoms with van der Waals surface area (Å²) in [5.41, 5.74) is 0.962. The molecule has 1 unspecified atom stereocenters. The molecule has 2 aromatic rings. The first-order valence-corrected chi connectivity index (χ1v) is 13.1. The smallest absolute Gasteiger partial charge is 0.329 e. The summed E-state index contributed by atoms with van der Waals surface area (Å²) in [6, 6.07) is 15.4. The van der Waals surface area contributed by atoms with E-state index >= 15 is 0 Å². The van der Waals surface area contributed by atoms with Crippen LogP contribution in [0.15, 0.2) is 48.5 Å². The molecule has 0 radical (unpaired) electrons. The van der Waals surface area contributed by atoms with Gasteiger partial charge < -0.3 is 24.8 Å². The summed E-state index contributed by atoms with van der Waals surface area (Å²) < 4.78 is 11.5. The number of hydrogen-bond donors (Lipinski definition) is 2. The van der Waals surface area contributed by atoms with Gasteiger partial charge in [0.2, 0.25) is 0 Å². The Labute approximate surface area is 214 Å². The highest BCUT2D eigenvalue weighted by Gasteiger charge is 2.43. The summed E-state index contributed by atoms with van der Waals surface area (Å²) in [6.07, 6.45) is 5.17. The molecule has 0 heterocycles. The number of carboxylic acid groups (broad SMARTS) is 1. The van der Waals surface area contributed by atoms with Gasteiger partial charge in [0.05, 0.1) is 19.3 Å². The number of ether oxygens (including phenoxy) is 2. The highest BCUT2D eigenvalue weighted by atomic mass is 16.5. The Hall–Kier alpha value is -3.22. The van der Waals surface area contributed by atoms with Crippen molar-refractivity contribution < 1.29 is 24.2 Å². The number of aryl methyl sites for hydroxylation is 1. The van der Waals surface area contributed by atoms with Crippen LogP contribution in [0.25, 0.3) is 0 Å². The van der Waals surface area contributed by atoms with Crippen LogP contribution in [0.2, 0.25) is 0 Å². The zero-order valence-electron chi connectivity index (χ0n) is 21.8. The van der Waals surface area contributed by atoms with Crippen LogP contribution in [0.1, 0.15) is 76.5 Å². The Bertz CT molecular complexity index is 964. The molecule has 36 heavy (non-hydrogen) atoms. The van der Waals surface area contributed by atoms with Gasteiger partial charge >= 0.3 is 12.0 Å². The van der Waals surface area contributed by atoms with Crippen LogP contribution in [0.4, 0.5) is 4.79 Å². The van der Waals surface area contributed by atoms with E-state index in [1.807, 2.05) is 57.2 Å². The van der Waals surface area contributed by atoms with Crippen molar-refractivity contribution in [2.75, 3.05) is 19.8 Å². The molecule has 0 bridgehead atoms. The van der Waals surface area contributed by atoms with Gasteiger partial charge in [-0.2, -0.15) is 0 Å². The van der Waals surface area contributed by atoms with Crippen LogP contribution in [0.5, 0.6) is 11.5 Å². The number of rotatable bonds is 13. The van der Waals surface area contributed by atoms with Crippen LogP contribution in [0.3, 0.4) is 0 Å². The van der Waals surface area contributed by atoms with Gasteiger partial charge in [-0.05, 0) is 76.1 Å². The standard InChI is InChI=1S/C29H40N2O5/c1-4-35-25-19-24(20-26(21-25)36-5-2)22(3)31(18-12-9-15-23-13-7-6-8-14-23)28(34)30-29(27(32)33)16-10-11-17-29/h6-8,13-14,19-22H,4-5,9-12,15-18H2,1-3H3,(H,30,34)(H,32,33). The number of nitrogens with one attached hydrogen (secondary N) is 1. The highest BCUT2D eigenvalue weighted by Crippen LogP contribution is 2.33. The van der Waals surface area contributed by atoms with Crippen LogP contribution < -0.4 is 14.8 Å². The molecule has 1 saturated carbocycles. The minimum atomic E-state index is -1.19. The number of aliphatic carboxylic acids is 1. The molecule has 0 aliphatic heterocycles. The molecule has 1 aliphatic rings. The van der Waals surface area contributed by atoms with Gasteiger partial charge in [0.25, 0.3) is 0 Å².